The molecule has 0 fully saturated rings. The van der Waals surface area contributed by atoms with Gasteiger partial charge in [0.05, 0.1) is 34.4 Å². The maximum atomic E-state index is 13.0. The molecule has 0 saturated heterocycles. The number of likely N-dealkylation sites (N-methyl/N-ethyl adjacent to an activating group) is 1. The molecule has 0 saturated carbocycles. The first kappa shape index (κ1) is 90.4. The van der Waals surface area contributed by atoms with Crippen molar-refractivity contribution in [2.75, 3.05) is 47.5 Å². The number of carboxylic acid groups (broad SMARTS) is 1. The number of ether oxygens (including phenoxy) is 4. The number of rotatable bonds is 72. The number of hydrogen-bond donors (Lipinski definition) is 1. The molecule has 2 unspecified atom stereocenters. The second-order valence-electron chi connectivity index (χ2n) is 27.3. The summed E-state index contributed by atoms with van der Waals surface area (Å²) in [5.41, 5.74) is 0. The summed E-state index contributed by atoms with van der Waals surface area (Å²) in [6.45, 7) is 4.67. The Balaban J connectivity index is 4.03. The third-order valence-corrected chi connectivity index (χ3v) is 16.9. The number of esters is 2. The minimum absolute atomic E-state index is 0.182. The molecular formula is C86H148NO8+. The Hall–Kier alpha value is -4.57. The predicted octanol–water partition coefficient (Wildman–Crippen LogP) is 25.3. The predicted molar refractivity (Wildman–Crippen MR) is 410 cm³/mol. The molecule has 0 aliphatic carbocycles. The van der Waals surface area contributed by atoms with Crippen molar-refractivity contribution in [3.05, 3.63) is 134 Å². The molecule has 0 radical (unpaired) electrons. The minimum Gasteiger partial charge on any atom is -0.477 e. The SMILES string of the molecule is CC/C=C\C/C=C\C/C=C\C/C=C\C/C=C\C/C=C\C/C=C\CCCCCCCCCCCC(=O)OC(COC(=O)CCCCCCCCCCCCCCCCCCCCCCCCCCCC/C=C\C/C=C\C/C=C\C/C=C\CC)COC(OCC[N+](C)(C)C)C(=O)O. The monoisotopic (exact) mass is 1320 g/mol. The minimum atomic E-state index is -1.52. The summed E-state index contributed by atoms with van der Waals surface area (Å²) in [7, 11) is 5.98. The van der Waals surface area contributed by atoms with Gasteiger partial charge in [-0.1, -0.05) is 347 Å². The Labute approximate surface area is 586 Å². The topological polar surface area (TPSA) is 108 Å². The van der Waals surface area contributed by atoms with Crippen LogP contribution in [0.15, 0.2) is 134 Å². The molecule has 1 N–H and O–H groups in total. The molecule has 544 valence electrons. The van der Waals surface area contributed by atoms with E-state index in [1.807, 2.05) is 21.1 Å². The number of carboxylic acids is 1. The lowest BCUT2D eigenvalue weighted by Gasteiger charge is -2.25. The first-order chi connectivity index (χ1) is 46.6. The van der Waals surface area contributed by atoms with Gasteiger partial charge in [0.2, 0.25) is 0 Å². The van der Waals surface area contributed by atoms with Crippen LogP contribution in [0, 0.1) is 0 Å². The molecule has 0 amide bonds. The van der Waals surface area contributed by atoms with Gasteiger partial charge in [0.1, 0.15) is 13.2 Å². The first-order valence-corrected chi connectivity index (χ1v) is 39.3. The average molecular weight is 1320 g/mol. The van der Waals surface area contributed by atoms with Gasteiger partial charge in [-0.2, -0.15) is 0 Å². The van der Waals surface area contributed by atoms with Crippen LogP contribution in [-0.2, 0) is 33.3 Å². The molecule has 9 nitrogen and oxygen atoms in total. The van der Waals surface area contributed by atoms with Crippen LogP contribution in [-0.4, -0.2) is 87.4 Å². The lowest BCUT2D eigenvalue weighted by atomic mass is 10.0. The second-order valence-corrected chi connectivity index (χ2v) is 27.3. The number of hydrogen-bond acceptors (Lipinski definition) is 7. The quantitative estimate of drug-likeness (QED) is 0.0211. The van der Waals surface area contributed by atoms with Crippen LogP contribution in [0.3, 0.4) is 0 Å². The fourth-order valence-corrected chi connectivity index (χ4v) is 11.0. The van der Waals surface area contributed by atoms with E-state index in [-0.39, 0.29) is 32.2 Å². The largest absolute Gasteiger partial charge is 0.477 e. The molecular weight excluding hydrogens is 1170 g/mol. The highest BCUT2D eigenvalue weighted by molar-refractivity contribution is 5.71. The number of nitrogens with zero attached hydrogens (tertiary/aromatic N) is 1. The second kappa shape index (κ2) is 75.2. The van der Waals surface area contributed by atoms with E-state index in [0.717, 1.165) is 116 Å². The van der Waals surface area contributed by atoms with Crippen molar-refractivity contribution in [2.45, 2.75) is 347 Å². The molecule has 0 spiro atoms. The highest BCUT2D eigenvalue weighted by Gasteiger charge is 2.25. The van der Waals surface area contributed by atoms with Crippen molar-refractivity contribution >= 4 is 17.9 Å². The van der Waals surface area contributed by atoms with Crippen molar-refractivity contribution < 1.29 is 42.9 Å². The van der Waals surface area contributed by atoms with Crippen molar-refractivity contribution in [1.29, 1.82) is 0 Å². The van der Waals surface area contributed by atoms with Gasteiger partial charge in [0.25, 0.3) is 6.29 Å². The summed E-state index contributed by atoms with van der Waals surface area (Å²) >= 11 is 0. The van der Waals surface area contributed by atoms with Gasteiger partial charge < -0.3 is 28.5 Å². The number of allylic oxidation sites excluding steroid dienone is 22. The van der Waals surface area contributed by atoms with E-state index in [0.29, 0.717) is 23.9 Å². The Morgan fingerprint density at radius 3 is 0.842 bits per heavy atom. The summed E-state index contributed by atoms with van der Waals surface area (Å²) in [4.78, 5) is 37.7. The highest BCUT2D eigenvalue weighted by Crippen LogP contribution is 2.18. The summed E-state index contributed by atoms with van der Waals surface area (Å²) in [5.74, 6) is -2.01. The average Bonchev–Trinajstić information content (AvgIpc) is 3.24. The summed E-state index contributed by atoms with van der Waals surface area (Å²) in [5, 5.41) is 9.77. The molecule has 2 atom stereocenters. The number of unbranched alkanes of at least 4 members (excludes halogenated alkanes) is 35. The molecule has 0 bridgehead atoms. The van der Waals surface area contributed by atoms with Crippen molar-refractivity contribution in [1.82, 2.24) is 0 Å². The van der Waals surface area contributed by atoms with Crippen LogP contribution < -0.4 is 0 Å². The Morgan fingerprint density at radius 1 is 0.316 bits per heavy atom. The van der Waals surface area contributed by atoms with Crippen LogP contribution in [0.25, 0.3) is 0 Å². The van der Waals surface area contributed by atoms with Crippen LogP contribution in [0.1, 0.15) is 335 Å². The number of carbonyl (C=O) groups is 3. The molecule has 0 aromatic heterocycles. The first-order valence-electron chi connectivity index (χ1n) is 39.3. The Morgan fingerprint density at radius 2 is 0.568 bits per heavy atom. The standard InChI is InChI=1S/C86H147NO8/c1-6-8-10-12-14-16-18-20-22-24-26-28-30-32-34-36-38-39-40-41-42-43-44-45-47-48-50-52-54-56-58-60-62-64-66-68-70-72-74-76-83(88)93-80-82(81-94-86(85(90)91)92-79-78-87(3,4)5)95-84(89)77-75-73-71-69-67-65-63-61-59-57-55-53-51-49-46-37-35-33-31-29-27-25-23-21-19-17-15-13-11-9-7-2/h8-11,14-17,20-23,26-29,33,35,46,49,53,55,82,86H,6-7,12-13,18-19,24-25,30-32,34,36-45,47-48,50-52,54,56-81H2,1-5H3/p+1/b10-8-,11-9-,16-14-,17-15-,22-20-,23-21-,28-26-,29-27-,35-33-,49-46-,55-53-. The maximum absolute atomic E-state index is 13.0. The lowest BCUT2D eigenvalue weighted by molar-refractivity contribution is -0.870. The zero-order valence-electron chi connectivity index (χ0n) is 62.3. The smallest absolute Gasteiger partial charge is 0.361 e. The molecule has 0 rings (SSSR count). The summed E-state index contributed by atoms with van der Waals surface area (Å²) < 4.78 is 23.0. The number of aliphatic carboxylic acids is 1. The fourth-order valence-electron chi connectivity index (χ4n) is 11.0. The van der Waals surface area contributed by atoms with E-state index in [2.05, 4.69) is 148 Å². The van der Waals surface area contributed by atoms with E-state index < -0.39 is 24.3 Å². The lowest BCUT2D eigenvalue weighted by Crippen LogP contribution is -2.40. The van der Waals surface area contributed by atoms with E-state index in [4.69, 9.17) is 18.9 Å². The van der Waals surface area contributed by atoms with Gasteiger partial charge in [0.15, 0.2) is 6.10 Å². The Kier molecular flexibility index (Phi) is 71.6. The Bertz CT molecular complexity index is 2030. The van der Waals surface area contributed by atoms with E-state index in [9.17, 15) is 19.5 Å². The molecule has 0 aromatic carbocycles. The van der Waals surface area contributed by atoms with Crippen molar-refractivity contribution in [3.63, 3.8) is 0 Å². The molecule has 95 heavy (non-hydrogen) atoms. The van der Waals surface area contributed by atoms with E-state index >= 15 is 0 Å². The van der Waals surface area contributed by atoms with Crippen molar-refractivity contribution in [3.8, 4) is 0 Å². The molecule has 0 heterocycles. The van der Waals surface area contributed by atoms with Gasteiger partial charge >= 0.3 is 17.9 Å². The summed E-state index contributed by atoms with van der Waals surface area (Å²) in [6, 6.07) is 0. The number of quaternary nitrogens is 1. The summed E-state index contributed by atoms with van der Waals surface area (Å²) in [6.07, 6.45) is 106. The zero-order valence-corrected chi connectivity index (χ0v) is 62.3. The molecule has 0 aliphatic rings. The molecule has 0 aromatic rings. The van der Waals surface area contributed by atoms with Crippen molar-refractivity contribution in [2.24, 2.45) is 0 Å². The highest BCUT2D eigenvalue weighted by atomic mass is 16.7. The van der Waals surface area contributed by atoms with Crippen LogP contribution in [0.2, 0.25) is 0 Å². The fraction of sp³-hybridized carbons (Fsp3) is 0.709. The normalized spacial score (nSPS) is 13.4. The van der Waals surface area contributed by atoms with Crippen LogP contribution in [0.4, 0.5) is 0 Å². The van der Waals surface area contributed by atoms with Crippen LogP contribution in [0.5, 0.6) is 0 Å². The molecule has 0 aliphatic heterocycles. The van der Waals surface area contributed by atoms with Gasteiger partial charge in [-0.15, -0.1) is 0 Å². The zero-order chi connectivity index (χ0) is 69.0. The van der Waals surface area contributed by atoms with Gasteiger partial charge in [-0.25, -0.2) is 4.79 Å². The van der Waals surface area contributed by atoms with Gasteiger partial charge in [0, 0.05) is 12.8 Å². The van der Waals surface area contributed by atoms with E-state index in [1.165, 1.54) is 186 Å². The van der Waals surface area contributed by atoms with Crippen LogP contribution >= 0.6 is 0 Å². The maximum Gasteiger partial charge on any atom is 0.361 e. The third-order valence-electron chi connectivity index (χ3n) is 16.9. The van der Waals surface area contributed by atoms with Gasteiger partial charge in [-0.3, -0.25) is 9.59 Å². The molecule has 9 heteroatoms. The van der Waals surface area contributed by atoms with Gasteiger partial charge in [-0.05, 0) is 109 Å². The number of carbonyl (C=O) groups excluding carboxylic acids is 2. The third kappa shape index (κ3) is 76.7. The van der Waals surface area contributed by atoms with E-state index in [1.54, 1.807) is 0 Å².